The smallest absolute Gasteiger partial charge is 0.306 e. The van der Waals surface area contributed by atoms with Crippen molar-refractivity contribution in [3.05, 3.63) is 60.8 Å². The monoisotopic (exact) mass is 770 g/mol. The van der Waals surface area contributed by atoms with E-state index in [9.17, 15) is 37.9 Å². The van der Waals surface area contributed by atoms with Crippen molar-refractivity contribution in [1.82, 2.24) is 0 Å². The number of aliphatic hydroxyl groups is 3. The van der Waals surface area contributed by atoms with Crippen molar-refractivity contribution in [2.24, 2.45) is 0 Å². The molecule has 304 valence electrons. The van der Waals surface area contributed by atoms with Crippen LogP contribution in [-0.4, -0.2) is 96.0 Å². The Bertz CT molecular complexity index is 1230. The van der Waals surface area contributed by atoms with E-state index in [0.717, 1.165) is 83.5 Å². The number of carbonyl (C=O) groups excluding carboxylic acids is 2. The topological polar surface area (TPSA) is 186 Å². The van der Waals surface area contributed by atoms with Gasteiger partial charge >= 0.3 is 11.9 Å². The van der Waals surface area contributed by atoms with Gasteiger partial charge in [0.25, 0.3) is 10.1 Å². The summed E-state index contributed by atoms with van der Waals surface area (Å²) in [6, 6.07) is 0. The predicted octanol–water partition coefficient (Wildman–Crippen LogP) is 6.61. The largest absolute Gasteiger partial charge is 0.462 e. The molecule has 0 saturated carbocycles. The van der Waals surface area contributed by atoms with E-state index in [4.69, 9.17) is 18.9 Å². The van der Waals surface area contributed by atoms with Crippen molar-refractivity contribution in [2.75, 3.05) is 19.0 Å². The summed E-state index contributed by atoms with van der Waals surface area (Å²) in [6.07, 6.45) is 25.8. The summed E-state index contributed by atoms with van der Waals surface area (Å²) in [5.74, 6) is -2.06. The third-order valence-electron chi connectivity index (χ3n) is 8.31. The SMILES string of the molecule is CC/C=C\C/C=C\C/C=C\C/C=C\CCCCC(=O)OC(COC(=O)CCCCCCC/C=C\CCC)COC1OC(CS(=O)(=O)O)C(O)C(O)C1O. The molecule has 1 heterocycles. The Morgan fingerprint density at radius 1 is 0.660 bits per heavy atom. The van der Waals surface area contributed by atoms with Crippen LogP contribution in [0, 0.1) is 0 Å². The number of unbranched alkanes of at least 4 members (excludes halogenated alkanes) is 8. The standard InChI is InChI=1S/C40H66O12S/c1-3-5-7-9-11-13-15-16-17-18-19-21-23-25-27-29-36(42)51-33(30-49-35(41)28-26-24-22-20-14-12-10-8-6-4-2)31-50-40-39(45)38(44)37(43)34(52-40)32-53(46,47)48/h5,7-8,10-11,13,16-17,19,21,33-34,37-40,43-45H,3-4,6,9,12,14-15,18,20,22-32H2,1-2H3,(H,46,47,48)/b7-5-,10-8-,13-11-,17-16-,21-19-. The minimum absolute atomic E-state index is 0.107. The molecule has 1 aliphatic heterocycles. The summed E-state index contributed by atoms with van der Waals surface area (Å²) in [5.41, 5.74) is 0. The first-order valence-corrected chi connectivity index (χ1v) is 21.0. The van der Waals surface area contributed by atoms with Crippen LogP contribution in [0.15, 0.2) is 60.8 Å². The first-order chi connectivity index (χ1) is 25.5. The molecule has 0 aliphatic carbocycles. The lowest BCUT2D eigenvalue weighted by atomic mass is 10.00. The summed E-state index contributed by atoms with van der Waals surface area (Å²) >= 11 is 0. The van der Waals surface area contributed by atoms with Crippen LogP contribution in [0.25, 0.3) is 0 Å². The zero-order valence-electron chi connectivity index (χ0n) is 31.8. The molecule has 0 amide bonds. The molecule has 1 saturated heterocycles. The van der Waals surface area contributed by atoms with Gasteiger partial charge in [-0.25, -0.2) is 0 Å². The fourth-order valence-corrected chi connectivity index (χ4v) is 6.00. The maximum absolute atomic E-state index is 12.7. The quantitative estimate of drug-likeness (QED) is 0.0266. The van der Waals surface area contributed by atoms with Gasteiger partial charge in [0.05, 0.1) is 6.61 Å². The predicted molar refractivity (Wildman–Crippen MR) is 205 cm³/mol. The molecule has 0 spiro atoms. The fraction of sp³-hybridized carbons (Fsp3) is 0.700. The van der Waals surface area contributed by atoms with Gasteiger partial charge in [-0.3, -0.25) is 14.1 Å². The first kappa shape index (κ1) is 48.4. The van der Waals surface area contributed by atoms with Crippen LogP contribution in [0.2, 0.25) is 0 Å². The second kappa shape index (κ2) is 30.7. The Labute approximate surface area is 317 Å². The third kappa shape index (κ3) is 25.9. The van der Waals surface area contributed by atoms with Crippen LogP contribution in [0.1, 0.15) is 123 Å². The Morgan fingerprint density at radius 3 is 1.83 bits per heavy atom. The summed E-state index contributed by atoms with van der Waals surface area (Å²) in [7, 11) is -4.61. The molecule has 0 aromatic carbocycles. The highest BCUT2D eigenvalue weighted by Gasteiger charge is 2.46. The number of allylic oxidation sites excluding steroid dienone is 10. The van der Waals surface area contributed by atoms with E-state index >= 15 is 0 Å². The number of rotatable bonds is 30. The van der Waals surface area contributed by atoms with Gasteiger partial charge in [0, 0.05) is 12.8 Å². The molecule has 53 heavy (non-hydrogen) atoms. The summed E-state index contributed by atoms with van der Waals surface area (Å²) in [6.45, 7) is 3.49. The minimum atomic E-state index is -4.61. The van der Waals surface area contributed by atoms with Crippen molar-refractivity contribution in [3.63, 3.8) is 0 Å². The molecule has 0 aromatic rings. The molecule has 6 unspecified atom stereocenters. The maximum Gasteiger partial charge on any atom is 0.306 e. The van der Waals surface area contributed by atoms with Crippen LogP contribution in [0.3, 0.4) is 0 Å². The molecule has 6 atom stereocenters. The van der Waals surface area contributed by atoms with Gasteiger partial charge in [0.2, 0.25) is 0 Å². The third-order valence-corrected chi connectivity index (χ3v) is 9.06. The van der Waals surface area contributed by atoms with E-state index < -0.39 is 71.2 Å². The van der Waals surface area contributed by atoms with E-state index in [1.807, 2.05) is 0 Å². The van der Waals surface area contributed by atoms with E-state index in [1.165, 1.54) is 0 Å². The molecule has 12 nitrogen and oxygen atoms in total. The molecule has 1 fully saturated rings. The minimum Gasteiger partial charge on any atom is -0.462 e. The van der Waals surface area contributed by atoms with Crippen molar-refractivity contribution < 1.29 is 56.8 Å². The normalized spacial score (nSPS) is 21.8. The number of ether oxygens (including phenoxy) is 4. The molecule has 1 rings (SSSR count). The van der Waals surface area contributed by atoms with Crippen molar-refractivity contribution in [3.8, 4) is 0 Å². The summed E-state index contributed by atoms with van der Waals surface area (Å²) < 4.78 is 53.7. The van der Waals surface area contributed by atoms with Gasteiger partial charge in [0.1, 0.15) is 36.8 Å². The number of aliphatic hydroxyl groups excluding tert-OH is 3. The van der Waals surface area contributed by atoms with Crippen LogP contribution in [-0.2, 0) is 38.7 Å². The summed E-state index contributed by atoms with van der Waals surface area (Å²) in [5, 5.41) is 30.7. The first-order valence-electron chi connectivity index (χ1n) is 19.3. The van der Waals surface area contributed by atoms with Gasteiger partial charge in [0.15, 0.2) is 12.4 Å². The molecule has 0 aromatic heterocycles. The molecule has 13 heteroatoms. The highest BCUT2D eigenvalue weighted by Crippen LogP contribution is 2.23. The van der Waals surface area contributed by atoms with Crippen LogP contribution in [0.5, 0.6) is 0 Å². The number of hydrogen-bond donors (Lipinski definition) is 4. The van der Waals surface area contributed by atoms with Gasteiger partial charge in [-0.05, 0) is 70.6 Å². The van der Waals surface area contributed by atoms with Crippen LogP contribution < -0.4 is 0 Å². The van der Waals surface area contributed by atoms with Crippen LogP contribution >= 0.6 is 0 Å². The Hall–Kier alpha value is -2.65. The van der Waals surface area contributed by atoms with Gasteiger partial charge in [-0.15, -0.1) is 0 Å². The fourth-order valence-electron chi connectivity index (χ4n) is 5.31. The Balaban J connectivity index is 2.57. The Morgan fingerprint density at radius 2 is 1.19 bits per heavy atom. The van der Waals surface area contributed by atoms with Gasteiger partial charge in [-0.2, -0.15) is 8.42 Å². The zero-order valence-corrected chi connectivity index (χ0v) is 32.7. The van der Waals surface area contributed by atoms with Crippen molar-refractivity contribution in [2.45, 2.75) is 160 Å². The lowest BCUT2D eigenvalue weighted by Gasteiger charge is -2.40. The van der Waals surface area contributed by atoms with E-state index in [0.29, 0.717) is 12.8 Å². The van der Waals surface area contributed by atoms with E-state index in [-0.39, 0.29) is 19.4 Å². The van der Waals surface area contributed by atoms with Crippen LogP contribution in [0.4, 0.5) is 0 Å². The van der Waals surface area contributed by atoms with E-state index in [2.05, 4.69) is 74.6 Å². The molecule has 0 radical (unpaired) electrons. The number of carbonyl (C=O) groups is 2. The molecular formula is C40H66O12S. The highest BCUT2D eigenvalue weighted by molar-refractivity contribution is 7.85. The van der Waals surface area contributed by atoms with Crippen molar-refractivity contribution >= 4 is 22.1 Å². The molecule has 4 N–H and O–H groups in total. The average Bonchev–Trinajstić information content (AvgIpc) is 3.12. The average molecular weight is 771 g/mol. The Kier molecular flexibility index (Phi) is 28.0. The van der Waals surface area contributed by atoms with E-state index in [1.54, 1.807) is 0 Å². The van der Waals surface area contributed by atoms with Gasteiger partial charge < -0.3 is 34.3 Å². The summed E-state index contributed by atoms with van der Waals surface area (Å²) in [4.78, 5) is 25.2. The second-order valence-corrected chi connectivity index (χ2v) is 14.7. The lowest BCUT2D eigenvalue weighted by molar-refractivity contribution is -0.297. The highest BCUT2D eigenvalue weighted by atomic mass is 32.2. The molecular weight excluding hydrogens is 704 g/mol. The number of hydrogen-bond acceptors (Lipinski definition) is 11. The number of esters is 2. The maximum atomic E-state index is 12.7. The molecule has 0 bridgehead atoms. The molecule has 1 aliphatic rings. The zero-order chi connectivity index (χ0) is 39.2. The second-order valence-electron chi connectivity index (χ2n) is 13.2. The van der Waals surface area contributed by atoms with Crippen molar-refractivity contribution in [1.29, 1.82) is 0 Å². The van der Waals surface area contributed by atoms with Gasteiger partial charge in [-0.1, -0.05) is 100 Å². The lowest BCUT2D eigenvalue weighted by Crippen LogP contribution is -2.60.